The van der Waals surface area contributed by atoms with Crippen molar-refractivity contribution < 1.29 is 19.1 Å². The minimum atomic E-state index is -0.504. The topological polar surface area (TPSA) is 109 Å². The van der Waals surface area contributed by atoms with Gasteiger partial charge in [-0.15, -0.1) is 23.1 Å². The Bertz CT molecular complexity index is 2220. The molecule has 1 heterocycles. The molecule has 0 fully saturated rings. The summed E-state index contributed by atoms with van der Waals surface area (Å²) >= 11 is 2.80. The van der Waals surface area contributed by atoms with E-state index >= 15 is 0 Å². The van der Waals surface area contributed by atoms with Gasteiger partial charge in [0, 0.05) is 26.6 Å². The lowest BCUT2D eigenvalue weighted by Crippen LogP contribution is -2.30. The normalized spacial score (nSPS) is 11.7. The molecule has 266 valence electrons. The van der Waals surface area contributed by atoms with Crippen molar-refractivity contribution in [2.75, 3.05) is 10.6 Å². The molecule has 0 saturated carbocycles. The molecular formula is C43H38N4O4S2. The smallest absolute Gasteiger partial charge is 0.272 e. The first-order chi connectivity index (χ1) is 25.7. The van der Waals surface area contributed by atoms with Crippen LogP contribution >= 0.6 is 23.1 Å². The molecule has 53 heavy (non-hydrogen) atoms. The van der Waals surface area contributed by atoms with E-state index in [1.807, 2.05) is 112 Å². The molecule has 0 aliphatic heterocycles. The summed E-state index contributed by atoms with van der Waals surface area (Å²) in [5, 5.41) is 8.75. The van der Waals surface area contributed by atoms with Crippen molar-refractivity contribution >= 4 is 57.7 Å². The second-order valence-corrected chi connectivity index (χ2v) is 14.9. The third kappa shape index (κ3) is 10.3. The van der Waals surface area contributed by atoms with E-state index in [1.165, 1.54) is 28.7 Å². The van der Waals surface area contributed by atoms with Crippen LogP contribution in [0.3, 0.4) is 0 Å². The van der Waals surface area contributed by atoms with Crippen LogP contribution in [0.15, 0.2) is 144 Å². The van der Waals surface area contributed by atoms with Gasteiger partial charge in [-0.2, -0.15) is 0 Å². The summed E-state index contributed by atoms with van der Waals surface area (Å²) in [7, 11) is 0. The number of nitrogens with one attached hydrogen (secondary N) is 3. The zero-order chi connectivity index (χ0) is 37.2. The van der Waals surface area contributed by atoms with E-state index in [-0.39, 0.29) is 11.6 Å². The van der Waals surface area contributed by atoms with Crippen LogP contribution in [0, 0.1) is 13.8 Å². The highest BCUT2D eigenvalue weighted by atomic mass is 32.2. The Kier molecular flexibility index (Phi) is 12.2. The van der Waals surface area contributed by atoms with Crippen LogP contribution in [0.4, 0.5) is 10.8 Å². The summed E-state index contributed by atoms with van der Waals surface area (Å²) in [4.78, 5) is 46.5. The molecule has 6 aromatic rings. The minimum absolute atomic E-state index is 0.0614. The fourth-order valence-electron chi connectivity index (χ4n) is 5.25. The molecule has 0 radical (unpaired) electrons. The number of aromatic nitrogens is 1. The Morgan fingerprint density at radius 3 is 2.23 bits per heavy atom. The van der Waals surface area contributed by atoms with Gasteiger partial charge in [0.05, 0.1) is 10.9 Å². The van der Waals surface area contributed by atoms with Gasteiger partial charge < -0.3 is 20.7 Å². The fourth-order valence-corrected chi connectivity index (χ4v) is 7.01. The van der Waals surface area contributed by atoms with Crippen LogP contribution in [0.2, 0.25) is 0 Å². The summed E-state index contributed by atoms with van der Waals surface area (Å²) in [6, 6.07) is 41.2. The maximum Gasteiger partial charge on any atom is 0.272 e. The molecule has 0 aliphatic rings. The number of thiazole rings is 1. The van der Waals surface area contributed by atoms with Gasteiger partial charge in [-0.3, -0.25) is 14.4 Å². The number of carbonyl (C=O) groups excluding carboxylic acids is 3. The first-order valence-corrected chi connectivity index (χ1v) is 18.7. The van der Waals surface area contributed by atoms with Crippen LogP contribution < -0.4 is 20.7 Å². The number of amides is 3. The molecule has 5 aromatic carbocycles. The van der Waals surface area contributed by atoms with Crippen molar-refractivity contribution in [3.05, 3.63) is 166 Å². The van der Waals surface area contributed by atoms with E-state index < -0.39 is 17.1 Å². The number of nitrogens with zero attached hydrogens (tertiary/aromatic N) is 1. The number of hydrogen-bond acceptors (Lipinski definition) is 7. The zero-order valence-electron chi connectivity index (χ0n) is 29.5. The quantitative estimate of drug-likeness (QED) is 0.0805. The van der Waals surface area contributed by atoms with E-state index in [2.05, 4.69) is 20.9 Å². The van der Waals surface area contributed by atoms with Gasteiger partial charge in [0.2, 0.25) is 5.91 Å². The SMILES string of the molecule is Cc1ccc(-c2nc(NC(=O)C(C)Sc3cccc(NC(=O)/C(=C/c4ccc(OCc5ccccc5)cc4)NC(=O)c4ccccc4)c3)sc2C)cc1. The zero-order valence-corrected chi connectivity index (χ0v) is 31.1. The molecule has 6 rings (SSSR count). The predicted octanol–water partition coefficient (Wildman–Crippen LogP) is 9.53. The molecule has 1 unspecified atom stereocenters. The highest BCUT2D eigenvalue weighted by molar-refractivity contribution is 8.00. The van der Waals surface area contributed by atoms with Gasteiger partial charge in [0.15, 0.2) is 5.13 Å². The maximum absolute atomic E-state index is 13.7. The standard InChI is InChI=1S/C43H38N4O4S2/c1-28-17-21-33(22-18-28)39-29(2)53-43(46-39)47-40(48)30(3)52-37-16-10-15-35(26-37)44-42(50)38(45-41(49)34-13-8-5-9-14-34)25-31-19-23-36(24-20-31)51-27-32-11-6-4-7-12-32/h4-26,30H,27H2,1-3H3,(H,44,50)(H,45,49)(H,46,47,48)/b38-25-. The number of ether oxygens (including phenoxy) is 1. The number of anilines is 2. The van der Waals surface area contributed by atoms with Crippen molar-refractivity contribution in [3.63, 3.8) is 0 Å². The largest absolute Gasteiger partial charge is 0.489 e. The first kappa shape index (κ1) is 36.8. The van der Waals surface area contributed by atoms with Crippen molar-refractivity contribution in [3.8, 4) is 17.0 Å². The van der Waals surface area contributed by atoms with Crippen LogP contribution in [-0.2, 0) is 16.2 Å². The number of thioether (sulfide) groups is 1. The Labute approximate surface area is 317 Å². The van der Waals surface area contributed by atoms with Crippen molar-refractivity contribution in [2.45, 2.75) is 37.5 Å². The molecule has 0 bridgehead atoms. The lowest BCUT2D eigenvalue weighted by molar-refractivity contribution is -0.115. The number of hydrogen-bond donors (Lipinski definition) is 3. The van der Waals surface area contributed by atoms with Crippen LogP contribution in [0.5, 0.6) is 5.75 Å². The lowest BCUT2D eigenvalue weighted by atomic mass is 10.1. The highest BCUT2D eigenvalue weighted by Crippen LogP contribution is 2.32. The molecule has 8 nitrogen and oxygen atoms in total. The second kappa shape index (κ2) is 17.5. The van der Waals surface area contributed by atoms with Gasteiger partial charge in [-0.25, -0.2) is 4.98 Å². The average Bonchev–Trinajstić information content (AvgIpc) is 3.54. The van der Waals surface area contributed by atoms with Crippen LogP contribution in [0.25, 0.3) is 17.3 Å². The van der Waals surface area contributed by atoms with E-state index in [0.29, 0.717) is 34.3 Å². The molecule has 3 N–H and O–H groups in total. The summed E-state index contributed by atoms with van der Waals surface area (Å²) in [6.07, 6.45) is 1.62. The predicted molar refractivity (Wildman–Crippen MR) is 215 cm³/mol. The molecule has 3 amide bonds. The summed E-state index contributed by atoms with van der Waals surface area (Å²) < 4.78 is 5.91. The third-order valence-electron chi connectivity index (χ3n) is 8.09. The second-order valence-electron chi connectivity index (χ2n) is 12.2. The number of aryl methyl sites for hydroxylation is 2. The summed E-state index contributed by atoms with van der Waals surface area (Å²) in [6.45, 7) is 6.29. The highest BCUT2D eigenvalue weighted by Gasteiger charge is 2.19. The van der Waals surface area contributed by atoms with Gasteiger partial charge in [0.1, 0.15) is 18.1 Å². The number of benzene rings is 5. The number of rotatable bonds is 13. The van der Waals surface area contributed by atoms with Crippen molar-refractivity contribution in [1.29, 1.82) is 0 Å². The van der Waals surface area contributed by atoms with Gasteiger partial charge in [-0.05, 0) is 80.4 Å². The first-order valence-electron chi connectivity index (χ1n) is 17.0. The Morgan fingerprint density at radius 2 is 1.51 bits per heavy atom. The molecule has 10 heteroatoms. The molecule has 0 aliphatic carbocycles. The fraction of sp³-hybridized carbons (Fsp3) is 0.116. The summed E-state index contributed by atoms with van der Waals surface area (Å²) in [5.41, 5.74) is 5.77. The number of carbonyl (C=O) groups is 3. The van der Waals surface area contributed by atoms with E-state index in [4.69, 9.17) is 4.74 Å². The third-order valence-corrected chi connectivity index (χ3v) is 10.1. The van der Waals surface area contributed by atoms with E-state index in [9.17, 15) is 14.4 Å². The summed E-state index contributed by atoms with van der Waals surface area (Å²) in [5.74, 6) is -0.425. The Morgan fingerprint density at radius 1 is 0.811 bits per heavy atom. The van der Waals surface area contributed by atoms with E-state index in [1.54, 1.807) is 48.5 Å². The van der Waals surface area contributed by atoms with Crippen molar-refractivity contribution in [1.82, 2.24) is 10.3 Å². The molecule has 1 aromatic heterocycles. The maximum atomic E-state index is 13.7. The monoisotopic (exact) mass is 738 g/mol. The Hall–Kier alpha value is -5.97. The van der Waals surface area contributed by atoms with Gasteiger partial charge >= 0.3 is 0 Å². The van der Waals surface area contributed by atoms with Crippen LogP contribution in [0.1, 0.15) is 38.8 Å². The molecule has 0 spiro atoms. The molecular weight excluding hydrogens is 701 g/mol. The lowest BCUT2D eigenvalue weighted by Gasteiger charge is -2.14. The van der Waals surface area contributed by atoms with E-state index in [0.717, 1.165) is 26.6 Å². The molecule has 1 atom stereocenters. The van der Waals surface area contributed by atoms with Gasteiger partial charge in [-0.1, -0.05) is 96.6 Å². The molecule has 0 saturated heterocycles. The van der Waals surface area contributed by atoms with Crippen LogP contribution in [-0.4, -0.2) is 28.0 Å². The average molecular weight is 739 g/mol. The van der Waals surface area contributed by atoms with Crippen molar-refractivity contribution in [2.24, 2.45) is 0 Å². The minimum Gasteiger partial charge on any atom is -0.489 e. The van der Waals surface area contributed by atoms with Gasteiger partial charge in [0.25, 0.3) is 11.8 Å². The Balaban J connectivity index is 1.12.